The SMILES string of the molecule is CN(C)c1nc(CCCC2CCC(CNC(=O)C3CCOC3)CC2)nc2ccccc12. The number of hydrogen-bond acceptors (Lipinski definition) is 5. The average molecular weight is 425 g/mol. The van der Waals surface area contributed by atoms with Crippen molar-refractivity contribution in [3.63, 3.8) is 0 Å². The van der Waals surface area contributed by atoms with Crippen molar-refractivity contribution in [2.24, 2.45) is 17.8 Å². The molecule has 1 amide bonds. The topological polar surface area (TPSA) is 67.4 Å². The molecular formula is C25H36N4O2. The van der Waals surface area contributed by atoms with Crippen LogP contribution in [0.5, 0.6) is 0 Å². The van der Waals surface area contributed by atoms with E-state index in [4.69, 9.17) is 14.7 Å². The summed E-state index contributed by atoms with van der Waals surface area (Å²) in [6.07, 6.45) is 9.18. The first kappa shape index (κ1) is 22.0. The van der Waals surface area contributed by atoms with Crippen molar-refractivity contribution < 1.29 is 9.53 Å². The second-order valence-electron chi connectivity index (χ2n) is 9.46. The zero-order chi connectivity index (χ0) is 21.6. The first-order chi connectivity index (χ1) is 15.1. The normalized spacial score (nSPS) is 23.7. The summed E-state index contributed by atoms with van der Waals surface area (Å²) in [6, 6.07) is 8.26. The second kappa shape index (κ2) is 10.4. The molecule has 0 radical (unpaired) electrons. The van der Waals surface area contributed by atoms with E-state index in [0.717, 1.165) is 60.9 Å². The zero-order valence-electron chi connectivity index (χ0n) is 19.0. The predicted molar refractivity (Wildman–Crippen MR) is 124 cm³/mol. The van der Waals surface area contributed by atoms with Gasteiger partial charge in [0.25, 0.3) is 0 Å². The minimum Gasteiger partial charge on any atom is -0.381 e. The first-order valence-corrected chi connectivity index (χ1v) is 11.9. The fraction of sp³-hybridized carbons (Fsp3) is 0.640. The Morgan fingerprint density at radius 1 is 1.10 bits per heavy atom. The molecule has 2 aromatic rings. The van der Waals surface area contributed by atoms with Crippen LogP contribution in [0.1, 0.15) is 50.8 Å². The Morgan fingerprint density at radius 2 is 1.87 bits per heavy atom. The molecule has 1 aromatic carbocycles. The lowest BCUT2D eigenvalue weighted by molar-refractivity contribution is -0.125. The summed E-state index contributed by atoms with van der Waals surface area (Å²) >= 11 is 0. The quantitative estimate of drug-likeness (QED) is 0.694. The van der Waals surface area contributed by atoms with Crippen molar-refractivity contribution in [1.29, 1.82) is 0 Å². The van der Waals surface area contributed by atoms with Crippen LogP contribution < -0.4 is 10.2 Å². The molecule has 1 aliphatic carbocycles. The summed E-state index contributed by atoms with van der Waals surface area (Å²) in [7, 11) is 4.09. The Hall–Kier alpha value is -2.21. The minimum absolute atomic E-state index is 0.0710. The van der Waals surface area contributed by atoms with Crippen LogP contribution >= 0.6 is 0 Å². The van der Waals surface area contributed by atoms with Crippen LogP contribution in [0.2, 0.25) is 0 Å². The molecule has 1 unspecified atom stereocenters. The van der Waals surface area contributed by atoms with E-state index in [1.165, 1.54) is 32.1 Å². The van der Waals surface area contributed by atoms with Gasteiger partial charge in [0.05, 0.1) is 18.0 Å². The number of nitrogens with zero attached hydrogens (tertiary/aromatic N) is 3. The van der Waals surface area contributed by atoms with Crippen LogP contribution in [-0.2, 0) is 16.0 Å². The Balaban J connectivity index is 1.20. The van der Waals surface area contributed by atoms with Crippen LogP contribution in [0.3, 0.4) is 0 Å². The number of amides is 1. The van der Waals surface area contributed by atoms with Crippen LogP contribution in [0.25, 0.3) is 10.9 Å². The molecule has 2 fully saturated rings. The van der Waals surface area contributed by atoms with Gasteiger partial charge in [-0.05, 0) is 49.7 Å². The van der Waals surface area contributed by atoms with E-state index in [2.05, 4.69) is 22.3 Å². The fourth-order valence-electron chi connectivity index (χ4n) is 4.96. The molecule has 0 spiro atoms. The number of carbonyl (C=O) groups is 1. The lowest BCUT2D eigenvalue weighted by Crippen LogP contribution is -2.35. The van der Waals surface area contributed by atoms with Crippen LogP contribution in [0.4, 0.5) is 5.82 Å². The van der Waals surface area contributed by atoms with Crippen LogP contribution in [0, 0.1) is 17.8 Å². The number of carbonyl (C=O) groups excluding carboxylic acids is 1. The summed E-state index contributed by atoms with van der Waals surface area (Å²) in [5.41, 5.74) is 1.03. The van der Waals surface area contributed by atoms with Gasteiger partial charge in [-0.15, -0.1) is 0 Å². The predicted octanol–water partition coefficient (Wildman–Crippen LogP) is 3.98. The third-order valence-electron chi connectivity index (χ3n) is 6.90. The molecule has 1 aliphatic heterocycles. The van der Waals surface area contributed by atoms with E-state index >= 15 is 0 Å². The van der Waals surface area contributed by atoms with Crippen molar-refractivity contribution in [3.8, 4) is 0 Å². The molecular weight excluding hydrogens is 388 g/mol. The maximum atomic E-state index is 12.2. The highest BCUT2D eigenvalue weighted by Gasteiger charge is 2.25. The van der Waals surface area contributed by atoms with Gasteiger partial charge in [-0.1, -0.05) is 31.4 Å². The van der Waals surface area contributed by atoms with Crippen molar-refractivity contribution in [2.45, 2.75) is 51.4 Å². The van der Waals surface area contributed by atoms with Crippen molar-refractivity contribution in [2.75, 3.05) is 38.8 Å². The summed E-state index contributed by atoms with van der Waals surface area (Å²) in [4.78, 5) is 23.9. The highest BCUT2D eigenvalue weighted by molar-refractivity contribution is 5.89. The molecule has 2 heterocycles. The van der Waals surface area contributed by atoms with E-state index in [1.807, 2.05) is 26.2 Å². The average Bonchev–Trinajstić information content (AvgIpc) is 3.33. The molecule has 4 rings (SSSR count). The fourth-order valence-corrected chi connectivity index (χ4v) is 4.96. The molecule has 6 heteroatoms. The summed E-state index contributed by atoms with van der Waals surface area (Å²) in [5.74, 6) is 3.65. The van der Waals surface area contributed by atoms with E-state index < -0.39 is 0 Å². The largest absolute Gasteiger partial charge is 0.381 e. The zero-order valence-corrected chi connectivity index (χ0v) is 19.0. The minimum atomic E-state index is 0.0710. The lowest BCUT2D eigenvalue weighted by Gasteiger charge is -2.29. The second-order valence-corrected chi connectivity index (χ2v) is 9.46. The molecule has 1 saturated carbocycles. The van der Waals surface area contributed by atoms with Gasteiger partial charge in [-0.25, -0.2) is 9.97 Å². The Morgan fingerprint density at radius 3 is 2.61 bits per heavy atom. The number of benzene rings is 1. The number of rotatable bonds is 8. The molecule has 1 N–H and O–H groups in total. The maximum absolute atomic E-state index is 12.2. The summed E-state index contributed by atoms with van der Waals surface area (Å²) in [5, 5.41) is 4.28. The number of aromatic nitrogens is 2. The van der Waals surface area contributed by atoms with Gasteiger partial charge in [-0.3, -0.25) is 4.79 Å². The number of aryl methyl sites for hydroxylation is 1. The molecule has 31 heavy (non-hydrogen) atoms. The van der Waals surface area contributed by atoms with Crippen molar-refractivity contribution in [1.82, 2.24) is 15.3 Å². The maximum Gasteiger partial charge on any atom is 0.225 e. The van der Waals surface area contributed by atoms with E-state index in [-0.39, 0.29) is 11.8 Å². The standard InChI is InChI=1S/C25H36N4O2/c1-29(2)24-21-7-3-4-8-22(21)27-23(28-24)9-5-6-18-10-12-19(13-11-18)16-26-25(30)20-14-15-31-17-20/h3-4,7-8,18-20H,5-6,9-17H2,1-2H3,(H,26,30). The van der Waals surface area contributed by atoms with E-state index in [0.29, 0.717) is 12.5 Å². The molecule has 1 aromatic heterocycles. The van der Waals surface area contributed by atoms with Gasteiger partial charge >= 0.3 is 0 Å². The van der Waals surface area contributed by atoms with E-state index in [9.17, 15) is 4.79 Å². The van der Waals surface area contributed by atoms with Crippen LogP contribution in [-0.4, -0.2) is 49.7 Å². The van der Waals surface area contributed by atoms with Gasteiger partial charge in [-0.2, -0.15) is 0 Å². The first-order valence-electron chi connectivity index (χ1n) is 11.9. The molecule has 2 aliphatic rings. The van der Waals surface area contributed by atoms with Gasteiger partial charge in [0.1, 0.15) is 11.6 Å². The number of fused-ring (bicyclic) bond motifs is 1. The van der Waals surface area contributed by atoms with Crippen LogP contribution in [0.15, 0.2) is 24.3 Å². The molecule has 168 valence electrons. The van der Waals surface area contributed by atoms with Gasteiger partial charge in [0.2, 0.25) is 5.91 Å². The smallest absolute Gasteiger partial charge is 0.225 e. The molecule has 6 nitrogen and oxygen atoms in total. The number of hydrogen-bond donors (Lipinski definition) is 1. The molecule has 0 bridgehead atoms. The third-order valence-corrected chi connectivity index (χ3v) is 6.90. The number of nitrogens with one attached hydrogen (secondary N) is 1. The lowest BCUT2D eigenvalue weighted by atomic mass is 9.79. The highest BCUT2D eigenvalue weighted by Crippen LogP contribution is 2.32. The van der Waals surface area contributed by atoms with Gasteiger partial charge in [0, 0.05) is 39.1 Å². The van der Waals surface area contributed by atoms with Crippen molar-refractivity contribution >= 4 is 22.6 Å². The Kier molecular flexibility index (Phi) is 7.38. The molecule has 1 atom stereocenters. The van der Waals surface area contributed by atoms with Gasteiger partial charge < -0.3 is 15.0 Å². The van der Waals surface area contributed by atoms with Gasteiger partial charge in [0.15, 0.2) is 0 Å². The molecule has 1 saturated heterocycles. The number of para-hydroxylation sites is 1. The Bertz CT molecular complexity index is 871. The number of anilines is 1. The third kappa shape index (κ3) is 5.73. The highest BCUT2D eigenvalue weighted by atomic mass is 16.5. The Labute approximate surface area is 185 Å². The number of ether oxygens (including phenoxy) is 1. The summed E-state index contributed by atoms with van der Waals surface area (Å²) < 4.78 is 5.32. The monoisotopic (exact) mass is 424 g/mol. The summed E-state index contributed by atoms with van der Waals surface area (Å²) in [6.45, 7) is 2.15. The van der Waals surface area contributed by atoms with Crippen molar-refractivity contribution in [3.05, 3.63) is 30.1 Å². The van der Waals surface area contributed by atoms with E-state index in [1.54, 1.807) is 0 Å².